The molecule has 1 aliphatic rings. The van der Waals surface area contributed by atoms with Gasteiger partial charge in [0, 0.05) is 6.04 Å². The Morgan fingerprint density at radius 1 is 1.29 bits per heavy atom. The van der Waals surface area contributed by atoms with Crippen LogP contribution in [0.15, 0.2) is 18.2 Å². The number of hydrogen-bond donors (Lipinski definition) is 1. The molecule has 1 fully saturated rings. The second kappa shape index (κ2) is 5.92. The van der Waals surface area contributed by atoms with E-state index in [1.807, 2.05) is 0 Å². The minimum atomic E-state index is 0.225. The van der Waals surface area contributed by atoms with Crippen LogP contribution in [0.1, 0.15) is 42.0 Å². The van der Waals surface area contributed by atoms with Gasteiger partial charge in [-0.1, -0.05) is 23.8 Å². The molecule has 0 radical (unpaired) electrons. The van der Waals surface area contributed by atoms with E-state index in [1.165, 1.54) is 41.0 Å². The summed E-state index contributed by atoms with van der Waals surface area (Å²) in [7, 11) is 0. The maximum Gasteiger partial charge on any atom is 0.0300 e. The fraction of sp³-hybridized carbons (Fsp3) is 0.600. The van der Waals surface area contributed by atoms with Gasteiger partial charge in [0.05, 0.1) is 0 Å². The third kappa shape index (κ3) is 3.49. The molecule has 0 spiro atoms. The zero-order valence-corrected chi connectivity index (χ0v) is 11.7. The predicted molar refractivity (Wildman–Crippen MR) is 77.5 cm³/mol. The summed E-state index contributed by atoms with van der Waals surface area (Å²) in [6.07, 6.45) is 3.86. The SMILES string of the molecule is Cc1ccc(C)c(C(N)CC2CCSCC2)c1. The van der Waals surface area contributed by atoms with Crippen LogP contribution >= 0.6 is 11.8 Å². The lowest BCUT2D eigenvalue weighted by molar-refractivity contribution is 0.412. The van der Waals surface area contributed by atoms with Gasteiger partial charge in [-0.15, -0.1) is 0 Å². The van der Waals surface area contributed by atoms with Crippen molar-refractivity contribution in [2.45, 2.75) is 39.2 Å². The Morgan fingerprint density at radius 3 is 2.71 bits per heavy atom. The topological polar surface area (TPSA) is 26.0 Å². The molecule has 1 unspecified atom stereocenters. The highest BCUT2D eigenvalue weighted by Crippen LogP contribution is 2.31. The first-order chi connectivity index (χ1) is 8.16. The number of hydrogen-bond acceptors (Lipinski definition) is 2. The Bertz CT molecular complexity index is 369. The van der Waals surface area contributed by atoms with Crippen LogP contribution in [-0.4, -0.2) is 11.5 Å². The standard InChI is InChI=1S/C15H23NS/c1-11-3-4-12(2)14(9-11)15(16)10-13-5-7-17-8-6-13/h3-4,9,13,15H,5-8,10,16H2,1-2H3. The summed E-state index contributed by atoms with van der Waals surface area (Å²) in [5.41, 5.74) is 10.4. The number of aryl methyl sites for hydroxylation is 2. The maximum absolute atomic E-state index is 6.39. The van der Waals surface area contributed by atoms with Crippen LogP contribution in [0.4, 0.5) is 0 Å². The average molecular weight is 249 g/mol. The van der Waals surface area contributed by atoms with Crippen LogP contribution in [0.2, 0.25) is 0 Å². The van der Waals surface area contributed by atoms with E-state index < -0.39 is 0 Å². The van der Waals surface area contributed by atoms with Gasteiger partial charge in [0.15, 0.2) is 0 Å². The maximum atomic E-state index is 6.39. The number of rotatable bonds is 3. The van der Waals surface area contributed by atoms with Gasteiger partial charge < -0.3 is 5.73 Å². The first-order valence-corrected chi connectivity index (χ1v) is 7.73. The molecule has 1 nitrogen and oxygen atoms in total. The van der Waals surface area contributed by atoms with E-state index in [0.717, 1.165) is 12.3 Å². The molecule has 17 heavy (non-hydrogen) atoms. The Labute approximate surface area is 109 Å². The Morgan fingerprint density at radius 2 is 2.00 bits per heavy atom. The van der Waals surface area contributed by atoms with E-state index in [2.05, 4.69) is 43.8 Å². The Balaban J connectivity index is 2.02. The fourth-order valence-corrected chi connectivity index (χ4v) is 3.83. The van der Waals surface area contributed by atoms with Crippen molar-refractivity contribution < 1.29 is 0 Å². The summed E-state index contributed by atoms with van der Waals surface area (Å²) in [5, 5.41) is 0. The minimum Gasteiger partial charge on any atom is -0.324 e. The molecule has 1 aliphatic heterocycles. The van der Waals surface area contributed by atoms with E-state index in [0.29, 0.717) is 0 Å². The van der Waals surface area contributed by atoms with Gasteiger partial charge in [-0.05, 0) is 61.7 Å². The number of nitrogens with two attached hydrogens (primary N) is 1. The van der Waals surface area contributed by atoms with Crippen molar-refractivity contribution in [1.29, 1.82) is 0 Å². The third-order valence-corrected chi connectivity index (χ3v) is 4.81. The van der Waals surface area contributed by atoms with Gasteiger partial charge >= 0.3 is 0 Å². The molecule has 1 atom stereocenters. The van der Waals surface area contributed by atoms with Crippen molar-refractivity contribution in [3.8, 4) is 0 Å². The van der Waals surface area contributed by atoms with Crippen LogP contribution < -0.4 is 5.73 Å². The summed E-state index contributed by atoms with van der Waals surface area (Å²) in [5.74, 6) is 3.49. The highest BCUT2D eigenvalue weighted by molar-refractivity contribution is 7.99. The monoisotopic (exact) mass is 249 g/mol. The van der Waals surface area contributed by atoms with Crippen LogP contribution in [-0.2, 0) is 0 Å². The van der Waals surface area contributed by atoms with Crippen molar-refractivity contribution in [3.05, 3.63) is 34.9 Å². The highest BCUT2D eigenvalue weighted by atomic mass is 32.2. The predicted octanol–water partition coefficient (Wildman–Crippen LogP) is 3.84. The van der Waals surface area contributed by atoms with Gasteiger partial charge in [0.1, 0.15) is 0 Å². The summed E-state index contributed by atoms with van der Waals surface area (Å²) < 4.78 is 0. The lowest BCUT2D eigenvalue weighted by Crippen LogP contribution is -2.19. The summed E-state index contributed by atoms with van der Waals surface area (Å²) in [6, 6.07) is 6.85. The van der Waals surface area contributed by atoms with E-state index in [-0.39, 0.29) is 6.04 Å². The molecule has 0 amide bonds. The van der Waals surface area contributed by atoms with E-state index in [4.69, 9.17) is 5.73 Å². The molecule has 1 heterocycles. The van der Waals surface area contributed by atoms with Crippen molar-refractivity contribution in [1.82, 2.24) is 0 Å². The first kappa shape index (κ1) is 13.0. The number of benzene rings is 1. The summed E-state index contributed by atoms with van der Waals surface area (Å²) in [6.45, 7) is 4.32. The fourth-order valence-electron chi connectivity index (χ4n) is 2.63. The van der Waals surface area contributed by atoms with Crippen molar-refractivity contribution in [2.75, 3.05) is 11.5 Å². The molecule has 0 saturated carbocycles. The first-order valence-electron chi connectivity index (χ1n) is 6.57. The van der Waals surface area contributed by atoms with E-state index >= 15 is 0 Å². The molecule has 94 valence electrons. The lowest BCUT2D eigenvalue weighted by Gasteiger charge is -2.25. The normalized spacial score (nSPS) is 19.2. The van der Waals surface area contributed by atoms with Gasteiger partial charge in [-0.25, -0.2) is 0 Å². The molecule has 2 N–H and O–H groups in total. The Kier molecular flexibility index (Phi) is 4.52. The Hall–Kier alpha value is -0.470. The van der Waals surface area contributed by atoms with E-state index in [1.54, 1.807) is 0 Å². The van der Waals surface area contributed by atoms with Crippen LogP contribution in [0.3, 0.4) is 0 Å². The number of thioether (sulfide) groups is 1. The molecule has 0 bridgehead atoms. The largest absolute Gasteiger partial charge is 0.324 e. The molecule has 1 aromatic rings. The summed E-state index contributed by atoms with van der Waals surface area (Å²) >= 11 is 2.09. The van der Waals surface area contributed by atoms with Gasteiger partial charge in [0.2, 0.25) is 0 Å². The highest BCUT2D eigenvalue weighted by Gasteiger charge is 2.18. The second-order valence-corrected chi connectivity index (χ2v) is 6.48. The van der Waals surface area contributed by atoms with Crippen LogP contribution in [0.5, 0.6) is 0 Å². The molecule has 1 aromatic carbocycles. The zero-order valence-electron chi connectivity index (χ0n) is 10.9. The average Bonchev–Trinajstić information content (AvgIpc) is 2.33. The summed E-state index contributed by atoms with van der Waals surface area (Å²) in [4.78, 5) is 0. The lowest BCUT2D eigenvalue weighted by atomic mass is 9.89. The van der Waals surface area contributed by atoms with Crippen molar-refractivity contribution in [2.24, 2.45) is 11.7 Å². The van der Waals surface area contributed by atoms with E-state index in [9.17, 15) is 0 Å². The van der Waals surface area contributed by atoms with Crippen LogP contribution in [0, 0.1) is 19.8 Å². The zero-order chi connectivity index (χ0) is 12.3. The van der Waals surface area contributed by atoms with Crippen LogP contribution in [0.25, 0.3) is 0 Å². The second-order valence-electron chi connectivity index (χ2n) is 5.26. The smallest absolute Gasteiger partial charge is 0.0300 e. The minimum absolute atomic E-state index is 0.225. The molecule has 2 heteroatoms. The third-order valence-electron chi connectivity index (χ3n) is 3.76. The molecular weight excluding hydrogens is 226 g/mol. The van der Waals surface area contributed by atoms with Crippen molar-refractivity contribution in [3.63, 3.8) is 0 Å². The molecular formula is C15H23NS. The van der Waals surface area contributed by atoms with Crippen molar-refractivity contribution >= 4 is 11.8 Å². The molecule has 0 aromatic heterocycles. The molecule has 1 saturated heterocycles. The quantitative estimate of drug-likeness (QED) is 0.881. The molecule has 0 aliphatic carbocycles. The van der Waals surface area contributed by atoms with Gasteiger partial charge in [-0.2, -0.15) is 11.8 Å². The molecule has 2 rings (SSSR count). The van der Waals surface area contributed by atoms with Gasteiger partial charge in [-0.3, -0.25) is 0 Å². The van der Waals surface area contributed by atoms with Gasteiger partial charge in [0.25, 0.3) is 0 Å².